The molecule has 0 saturated heterocycles. The van der Waals surface area contributed by atoms with Crippen LogP contribution in [0.25, 0.3) is 20.8 Å². The number of carbonyl (C=O) groups excluding carboxylic acids is 1. The van der Waals surface area contributed by atoms with Gasteiger partial charge in [-0.15, -0.1) is 11.3 Å². The van der Waals surface area contributed by atoms with E-state index >= 15 is 0 Å². The van der Waals surface area contributed by atoms with Crippen molar-refractivity contribution in [3.05, 3.63) is 77.4 Å². The fourth-order valence-corrected chi connectivity index (χ4v) is 4.50. The zero-order chi connectivity index (χ0) is 22.0. The van der Waals surface area contributed by atoms with E-state index in [4.69, 9.17) is 9.72 Å². The zero-order valence-corrected chi connectivity index (χ0v) is 19.0. The van der Waals surface area contributed by atoms with Crippen LogP contribution in [0.5, 0.6) is 5.75 Å². The zero-order valence-electron chi connectivity index (χ0n) is 18.2. The van der Waals surface area contributed by atoms with E-state index in [2.05, 4.69) is 56.4 Å². The van der Waals surface area contributed by atoms with Crippen molar-refractivity contribution in [2.45, 2.75) is 33.6 Å². The van der Waals surface area contributed by atoms with E-state index in [0.29, 0.717) is 5.92 Å². The molecule has 0 atom stereocenters. The van der Waals surface area contributed by atoms with Crippen LogP contribution >= 0.6 is 11.3 Å². The molecule has 4 rings (SSSR count). The van der Waals surface area contributed by atoms with E-state index in [9.17, 15) is 4.79 Å². The predicted octanol–water partition coefficient (Wildman–Crippen LogP) is 6.72. The minimum absolute atomic E-state index is 0.0256. The number of thiazole rings is 1. The van der Waals surface area contributed by atoms with Gasteiger partial charge in [-0.2, -0.15) is 0 Å². The molecule has 0 fully saturated rings. The summed E-state index contributed by atoms with van der Waals surface area (Å²) in [7, 11) is 0. The molecule has 4 aromatic rings. The van der Waals surface area contributed by atoms with Crippen molar-refractivity contribution in [1.82, 2.24) is 4.98 Å². The van der Waals surface area contributed by atoms with Gasteiger partial charge in [0.2, 0.25) is 0 Å². The monoisotopic (exact) mass is 430 g/mol. The highest BCUT2D eigenvalue weighted by atomic mass is 32.1. The molecule has 0 bridgehead atoms. The number of fused-ring (bicyclic) bond motifs is 1. The van der Waals surface area contributed by atoms with Crippen molar-refractivity contribution in [3.8, 4) is 16.3 Å². The molecule has 3 aromatic carbocycles. The number of aryl methyl sites for hydroxylation is 2. The summed E-state index contributed by atoms with van der Waals surface area (Å²) in [4.78, 5) is 17.1. The molecule has 0 saturated carbocycles. The molecule has 1 heterocycles. The van der Waals surface area contributed by atoms with Gasteiger partial charge in [0.25, 0.3) is 5.91 Å². The Kier molecular flexibility index (Phi) is 6.05. The third-order valence-corrected chi connectivity index (χ3v) is 6.18. The van der Waals surface area contributed by atoms with Gasteiger partial charge in [-0.05, 0) is 78.9 Å². The lowest BCUT2D eigenvalue weighted by Crippen LogP contribution is -2.20. The van der Waals surface area contributed by atoms with E-state index in [1.165, 1.54) is 10.3 Å². The number of hydrogen-bond donors (Lipinski definition) is 1. The molecule has 1 N–H and O–H groups in total. The van der Waals surface area contributed by atoms with Crippen molar-refractivity contribution in [2.75, 3.05) is 11.9 Å². The van der Waals surface area contributed by atoms with Gasteiger partial charge in [0.05, 0.1) is 10.2 Å². The number of rotatable bonds is 6. The van der Waals surface area contributed by atoms with Crippen LogP contribution in [0.3, 0.4) is 0 Å². The molecule has 0 radical (unpaired) electrons. The predicted molar refractivity (Wildman–Crippen MR) is 129 cm³/mol. The maximum absolute atomic E-state index is 12.4. The number of hydrogen-bond acceptors (Lipinski definition) is 4. The highest BCUT2D eigenvalue weighted by molar-refractivity contribution is 7.21. The summed E-state index contributed by atoms with van der Waals surface area (Å²) < 4.78 is 7.01. The smallest absolute Gasteiger partial charge is 0.262 e. The Balaban J connectivity index is 1.41. The van der Waals surface area contributed by atoms with Gasteiger partial charge < -0.3 is 10.1 Å². The largest absolute Gasteiger partial charge is 0.483 e. The van der Waals surface area contributed by atoms with Gasteiger partial charge in [-0.1, -0.05) is 32.0 Å². The number of amides is 1. The first-order valence-corrected chi connectivity index (χ1v) is 11.2. The summed E-state index contributed by atoms with van der Waals surface area (Å²) >= 11 is 1.68. The first kappa shape index (κ1) is 21.1. The first-order valence-electron chi connectivity index (χ1n) is 10.4. The molecule has 0 spiro atoms. The normalized spacial score (nSPS) is 11.1. The lowest BCUT2D eigenvalue weighted by Gasteiger charge is -2.15. The van der Waals surface area contributed by atoms with E-state index in [0.717, 1.165) is 38.7 Å². The second kappa shape index (κ2) is 8.90. The molecule has 158 valence electrons. The minimum atomic E-state index is -0.181. The third kappa shape index (κ3) is 4.94. The van der Waals surface area contributed by atoms with Crippen LogP contribution in [0.2, 0.25) is 0 Å². The lowest BCUT2D eigenvalue weighted by atomic mass is 10.0. The Morgan fingerprint density at radius 2 is 1.71 bits per heavy atom. The molecular weight excluding hydrogens is 404 g/mol. The third-order valence-electron chi connectivity index (χ3n) is 5.11. The van der Waals surface area contributed by atoms with Gasteiger partial charge in [-0.3, -0.25) is 4.79 Å². The van der Waals surface area contributed by atoms with Crippen molar-refractivity contribution in [3.63, 3.8) is 0 Å². The Morgan fingerprint density at radius 3 is 2.45 bits per heavy atom. The van der Waals surface area contributed by atoms with Gasteiger partial charge >= 0.3 is 0 Å². The Bertz CT molecular complexity index is 1230. The fraction of sp³-hybridized carbons (Fsp3) is 0.231. The number of benzene rings is 3. The summed E-state index contributed by atoms with van der Waals surface area (Å²) in [6.45, 7) is 8.31. The number of carbonyl (C=O) groups is 1. The molecule has 0 aliphatic heterocycles. The van der Waals surface area contributed by atoms with Crippen molar-refractivity contribution in [2.24, 2.45) is 0 Å². The number of anilines is 1. The molecule has 5 heteroatoms. The first-order chi connectivity index (χ1) is 14.9. The average molecular weight is 431 g/mol. The standard InChI is InChI=1S/C26H26N2O2S/c1-16(2)21-11-5-17(3)13-23(21)30-15-25(29)27-20-9-7-19(8-10-20)26-28-22-12-6-18(4)14-24(22)31-26/h5-14,16H,15H2,1-4H3,(H,27,29). The summed E-state index contributed by atoms with van der Waals surface area (Å²) in [6, 6.07) is 20.2. The number of nitrogens with one attached hydrogen (secondary N) is 1. The molecule has 1 amide bonds. The fourth-order valence-electron chi connectivity index (χ4n) is 3.44. The molecule has 0 aliphatic rings. The van der Waals surface area contributed by atoms with E-state index in [1.54, 1.807) is 11.3 Å². The van der Waals surface area contributed by atoms with E-state index in [-0.39, 0.29) is 12.5 Å². The summed E-state index contributed by atoms with van der Waals surface area (Å²) in [6.07, 6.45) is 0. The van der Waals surface area contributed by atoms with Crippen LogP contribution in [-0.4, -0.2) is 17.5 Å². The summed E-state index contributed by atoms with van der Waals surface area (Å²) in [5.41, 5.74) is 6.23. The van der Waals surface area contributed by atoms with Gasteiger partial charge in [-0.25, -0.2) is 4.98 Å². The van der Waals surface area contributed by atoms with Gasteiger partial charge in [0.1, 0.15) is 10.8 Å². The topological polar surface area (TPSA) is 51.2 Å². The highest BCUT2D eigenvalue weighted by Crippen LogP contribution is 2.31. The number of ether oxygens (including phenoxy) is 1. The van der Waals surface area contributed by atoms with Crippen LogP contribution < -0.4 is 10.1 Å². The molecule has 31 heavy (non-hydrogen) atoms. The quantitative estimate of drug-likeness (QED) is 0.369. The van der Waals surface area contributed by atoms with Crippen LogP contribution in [-0.2, 0) is 4.79 Å². The molecule has 1 aromatic heterocycles. The Labute approximate surface area is 186 Å². The number of aromatic nitrogens is 1. The SMILES string of the molecule is Cc1ccc(C(C)C)c(OCC(=O)Nc2ccc(-c3nc4ccc(C)cc4s3)cc2)c1. The molecule has 0 aliphatic carbocycles. The Hall–Kier alpha value is -3.18. The van der Waals surface area contributed by atoms with E-state index in [1.807, 2.05) is 37.3 Å². The average Bonchev–Trinajstić information content (AvgIpc) is 3.16. The molecule has 4 nitrogen and oxygen atoms in total. The van der Waals surface area contributed by atoms with Crippen molar-refractivity contribution >= 4 is 33.1 Å². The second-order valence-corrected chi connectivity index (χ2v) is 9.13. The highest BCUT2D eigenvalue weighted by Gasteiger charge is 2.11. The number of nitrogens with zero attached hydrogens (tertiary/aromatic N) is 1. The van der Waals surface area contributed by atoms with Crippen LogP contribution in [0.4, 0.5) is 5.69 Å². The minimum Gasteiger partial charge on any atom is -0.483 e. The Morgan fingerprint density at radius 1 is 1.00 bits per heavy atom. The van der Waals surface area contributed by atoms with Crippen LogP contribution in [0.1, 0.15) is 36.5 Å². The van der Waals surface area contributed by atoms with Crippen molar-refractivity contribution < 1.29 is 9.53 Å². The maximum Gasteiger partial charge on any atom is 0.262 e. The van der Waals surface area contributed by atoms with Crippen LogP contribution in [0, 0.1) is 13.8 Å². The van der Waals surface area contributed by atoms with E-state index < -0.39 is 0 Å². The van der Waals surface area contributed by atoms with Gasteiger partial charge in [0, 0.05) is 11.3 Å². The van der Waals surface area contributed by atoms with Gasteiger partial charge in [0.15, 0.2) is 6.61 Å². The summed E-state index contributed by atoms with van der Waals surface area (Å²) in [5, 5.41) is 3.88. The molecular formula is C26H26N2O2S. The molecule has 0 unspecified atom stereocenters. The van der Waals surface area contributed by atoms with Crippen molar-refractivity contribution in [1.29, 1.82) is 0 Å². The second-order valence-electron chi connectivity index (χ2n) is 8.10. The van der Waals surface area contributed by atoms with Crippen LogP contribution in [0.15, 0.2) is 60.7 Å². The maximum atomic E-state index is 12.4. The lowest BCUT2D eigenvalue weighted by molar-refractivity contribution is -0.118. The summed E-state index contributed by atoms with van der Waals surface area (Å²) in [5.74, 6) is 0.920.